The van der Waals surface area contributed by atoms with E-state index in [1.807, 2.05) is 54.6 Å². The van der Waals surface area contributed by atoms with Gasteiger partial charge in [0.1, 0.15) is 11.3 Å². The summed E-state index contributed by atoms with van der Waals surface area (Å²) in [6.45, 7) is 0.521. The average molecular weight is 362 g/mol. The lowest BCUT2D eigenvalue weighted by molar-refractivity contribution is -0.138. The van der Waals surface area contributed by atoms with Crippen LogP contribution in [0.15, 0.2) is 66.4 Å². The molecule has 0 aromatic heterocycles. The van der Waals surface area contributed by atoms with Crippen molar-refractivity contribution < 1.29 is 14.7 Å². The van der Waals surface area contributed by atoms with Gasteiger partial charge < -0.3 is 10.0 Å². The largest absolute Gasteiger partial charge is 0.383 e. The molecule has 1 heterocycles. The molecule has 2 aromatic carbocycles. The third-order valence-electron chi connectivity index (χ3n) is 5.41. The molecule has 0 saturated heterocycles. The maximum absolute atomic E-state index is 12.8. The van der Waals surface area contributed by atoms with Gasteiger partial charge in [-0.2, -0.15) is 0 Å². The highest BCUT2D eigenvalue weighted by Gasteiger charge is 2.40. The molecule has 0 spiro atoms. The Morgan fingerprint density at radius 3 is 2.56 bits per heavy atom. The summed E-state index contributed by atoms with van der Waals surface area (Å²) < 4.78 is 0. The molecule has 1 atom stereocenters. The van der Waals surface area contributed by atoms with Crippen LogP contribution >= 0.6 is 0 Å². The normalized spacial score (nSPS) is 21.4. The van der Waals surface area contributed by atoms with E-state index in [-0.39, 0.29) is 24.9 Å². The van der Waals surface area contributed by atoms with Gasteiger partial charge in [-0.25, -0.2) is 0 Å². The Balaban J connectivity index is 1.50. The molecule has 1 N–H and O–H groups in total. The Morgan fingerprint density at radius 2 is 1.78 bits per heavy atom. The van der Waals surface area contributed by atoms with Gasteiger partial charge in [-0.3, -0.25) is 14.5 Å². The number of hydrogen-bond acceptors (Lipinski definition) is 4. The van der Waals surface area contributed by atoms with E-state index in [4.69, 9.17) is 0 Å². The summed E-state index contributed by atoms with van der Waals surface area (Å²) >= 11 is 0. The van der Waals surface area contributed by atoms with Crippen LogP contribution in [-0.2, 0) is 28.2 Å². The van der Waals surface area contributed by atoms with Gasteiger partial charge in [0.15, 0.2) is 0 Å². The molecular weight excluding hydrogens is 340 g/mol. The van der Waals surface area contributed by atoms with Crippen molar-refractivity contribution in [3.8, 4) is 0 Å². The maximum atomic E-state index is 12.8. The molecule has 2 aliphatic rings. The van der Waals surface area contributed by atoms with Crippen molar-refractivity contribution in [1.29, 1.82) is 0 Å². The van der Waals surface area contributed by atoms with Crippen molar-refractivity contribution in [2.45, 2.75) is 25.0 Å². The van der Waals surface area contributed by atoms with E-state index in [0.717, 1.165) is 23.1 Å². The molecule has 1 unspecified atom stereocenters. The van der Waals surface area contributed by atoms with Crippen LogP contribution in [0, 0.1) is 0 Å². The second-order valence-electron chi connectivity index (χ2n) is 7.29. The third-order valence-corrected chi connectivity index (χ3v) is 5.41. The number of aryl methyl sites for hydroxylation is 1. The molecule has 27 heavy (non-hydrogen) atoms. The molecule has 5 nitrogen and oxygen atoms in total. The predicted molar refractivity (Wildman–Crippen MR) is 101 cm³/mol. The van der Waals surface area contributed by atoms with Gasteiger partial charge in [-0.15, -0.1) is 0 Å². The van der Waals surface area contributed by atoms with Crippen molar-refractivity contribution in [2.75, 3.05) is 13.6 Å². The standard InChI is InChI=1S/C22H22N2O3/c1-23(15-22(27)12-11-17-9-5-6-10-18(17)22)19-13-20(25)24(21(19)26)14-16-7-3-2-4-8-16/h2-10,13,27H,11-12,14-15H2,1H3. The van der Waals surface area contributed by atoms with Gasteiger partial charge in [0.05, 0.1) is 13.1 Å². The van der Waals surface area contributed by atoms with Crippen molar-refractivity contribution in [3.63, 3.8) is 0 Å². The van der Waals surface area contributed by atoms with Crippen LogP contribution in [0.3, 0.4) is 0 Å². The van der Waals surface area contributed by atoms with Crippen LogP contribution in [-0.4, -0.2) is 40.3 Å². The molecule has 0 fully saturated rings. The molecule has 2 amide bonds. The van der Waals surface area contributed by atoms with E-state index in [1.54, 1.807) is 11.9 Å². The minimum Gasteiger partial charge on any atom is -0.383 e. The van der Waals surface area contributed by atoms with Crippen molar-refractivity contribution in [2.24, 2.45) is 0 Å². The summed E-state index contributed by atoms with van der Waals surface area (Å²) in [5.41, 5.74) is 2.27. The Hall–Kier alpha value is -2.92. The van der Waals surface area contributed by atoms with E-state index in [2.05, 4.69) is 0 Å². The summed E-state index contributed by atoms with van der Waals surface area (Å²) in [7, 11) is 1.75. The van der Waals surface area contributed by atoms with Gasteiger partial charge in [0.25, 0.3) is 11.8 Å². The summed E-state index contributed by atoms with van der Waals surface area (Å²) in [4.78, 5) is 28.1. The van der Waals surface area contributed by atoms with Crippen LogP contribution in [0.1, 0.15) is 23.1 Å². The number of nitrogens with zero attached hydrogens (tertiary/aromatic N) is 2. The van der Waals surface area contributed by atoms with E-state index in [9.17, 15) is 14.7 Å². The molecule has 4 rings (SSSR count). The van der Waals surface area contributed by atoms with Gasteiger partial charge in [-0.05, 0) is 29.5 Å². The lowest BCUT2D eigenvalue weighted by Gasteiger charge is -2.31. The van der Waals surface area contributed by atoms with Gasteiger partial charge >= 0.3 is 0 Å². The van der Waals surface area contributed by atoms with Crippen molar-refractivity contribution >= 4 is 11.8 Å². The number of carbonyl (C=O) groups excluding carboxylic acids is 2. The minimum absolute atomic E-state index is 0.249. The minimum atomic E-state index is -1.01. The fourth-order valence-electron chi connectivity index (χ4n) is 3.99. The second-order valence-corrected chi connectivity index (χ2v) is 7.29. The highest BCUT2D eigenvalue weighted by Crippen LogP contribution is 2.38. The first kappa shape index (κ1) is 17.5. The molecule has 2 aromatic rings. The van der Waals surface area contributed by atoms with Crippen LogP contribution < -0.4 is 0 Å². The number of imide groups is 1. The predicted octanol–water partition coefficient (Wildman–Crippen LogP) is 2.21. The summed E-state index contributed by atoms with van der Waals surface area (Å²) in [6, 6.07) is 17.3. The highest BCUT2D eigenvalue weighted by molar-refractivity contribution is 6.15. The molecule has 0 bridgehead atoms. The topological polar surface area (TPSA) is 60.9 Å². The Labute approximate surface area is 158 Å². The average Bonchev–Trinajstić information content (AvgIpc) is 3.15. The maximum Gasteiger partial charge on any atom is 0.277 e. The molecule has 138 valence electrons. The van der Waals surface area contributed by atoms with E-state index >= 15 is 0 Å². The van der Waals surface area contributed by atoms with Crippen molar-refractivity contribution in [3.05, 3.63) is 83.1 Å². The van der Waals surface area contributed by atoms with Crippen LogP contribution in [0.4, 0.5) is 0 Å². The quantitative estimate of drug-likeness (QED) is 0.829. The first-order chi connectivity index (χ1) is 13.0. The zero-order valence-corrected chi connectivity index (χ0v) is 15.3. The molecule has 1 aliphatic carbocycles. The number of benzene rings is 2. The number of amides is 2. The van der Waals surface area contributed by atoms with Crippen LogP contribution in [0.25, 0.3) is 0 Å². The number of likely N-dealkylation sites (N-methyl/N-ethyl adjacent to an activating group) is 1. The summed E-state index contributed by atoms with van der Waals surface area (Å²) in [6.07, 6.45) is 2.79. The first-order valence-corrected chi connectivity index (χ1v) is 9.11. The SMILES string of the molecule is CN(CC1(O)CCc2ccccc21)C1=CC(=O)N(Cc2ccccc2)C1=O. The van der Waals surface area contributed by atoms with Crippen LogP contribution in [0.2, 0.25) is 0 Å². The van der Waals surface area contributed by atoms with E-state index < -0.39 is 5.60 Å². The number of fused-ring (bicyclic) bond motifs is 1. The van der Waals surface area contributed by atoms with Gasteiger partial charge in [0.2, 0.25) is 0 Å². The number of hydrogen-bond donors (Lipinski definition) is 1. The lowest BCUT2D eigenvalue weighted by atomic mass is 9.95. The Bertz CT molecular complexity index is 922. The highest BCUT2D eigenvalue weighted by atomic mass is 16.3. The van der Waals surface area contributed by atoms with Crippen LogP contribution in [0.5, 0.6) is 0 Å². The first-order valence-electron chi connectivity index (χ1n) is 9.11. The Morgan fingerprint density at radius 1 is 1.07 bits per heavy atom. The van der Waals surface area contributed by atoms with Gasteiger partial charge in [0, 0.05) is 13.1 Å². The fraction of sp³-hybridized carbons (Fsp3) is 0.273. The summed E-state index contributed by atoms with van der Waals surface area (Å²) in [5, 5.41) is 11.1. The monoisotopic (exact) mass is 362 g/mol. The lowest BCUT2D eigenvalue weighted by Crippen LogP contribution is -2.40. The third kappa shape index (κ3) is 3.15. The fourth-order valence-corrected chi connectivity index (χ4v) is 3.99. The molecule has 0 saturated carbocycles. The zero-order chi connectivity index (χ0) is 19.0. The second kappa shape index (κ2) is 6.67. The molecular formula is C22H22N2O3. The van der Waals surface area contributed by atoms with Crippen molar-refractivity contribution in [1.82, 2.24) is 9.80 Å². The van der Waals surface area contributed by atoms with E-state index in [0.29, 0.717) is 12.1 Å². The molecule has 0 radical (unpaired) electrons. The molecule has 1 aliphatic heterocycles. The number of carbonyl (C=O) groups is 2. The number of rotatable bonds is 5. The molecule has 5 heteroatoms. The zero-order valence-electron chi connectivity index (χ0n) is 15.3. The van der Waals surface area contributed by atoms with E-state index in [1.165, 1.54) is 11.0 Å². The van der Waals surface area contributed by atoms with Gasteiger partial charge in [-0.1, -0.05) is 54.6 Å². The summed E-state index contributed by atoms with van der Waals surface area (Å²) in [5.74, 6) is -0.634. The Kier molecular flexibility index (Phi) is 4.32. The number of aliphatic hydroxyl groups is 1. The smallest absolute Gasteiger partial charge is 0.277 e.